The van der Waals surface area contributed by atoms with Gasteiger partial charge in [-0.15, -0.1) is 0 Å². The lowest BCUT2D eigenvalue weighted by atomic mass is 10.1. The van der Waals surface area contributed by atoms with Crippen molar-refractivity contribution in [1.82, 2.24) is 15.4 Å². The standard InChI is InChI=1S/C30H32N4O4/c1-37-27-20-26-25(19-28(27)38-18-8-3-2-7-11-29(35)34-36)30(32-21-31-26)33-24-16-14-23(15-17-24)13-12-22-9-5-4-6-10-22/h4-6,9-10,12-17,19-21,36H,2-3,7-8,11,18H2,1H3,(H,34,35)(H,31,32,33)/b13-12+. The molecule has 8 nitrogen and oxygen atoms in total. The van der Waals surface area contributed by atoms with Crippen LogP contribution in [0.4, 0.5) is 11.5 Å². The van der Waals surface area contributed by atoms with Gasteiger partial charge in [0, 0.05) is 23.6 Å². The van der Waals surface area contributed by atoms with E-state index in [2.05, 4.69) is 51.7 Å². The lowest BCUT2D eigenvalue weighted by molar-refractivity contribution is -0.129. The number of nitrogens with one attached hydrogen (secondary N) is 2. The van der Waals surface area contributed by atoms with Gasteiger partial charge < -0.3 is 14.8 Å². The van der Waals surface area contributed by atoms with Crippen LogP contribution in [-0.4, -0.2) is 34.8 Å². The first-order valence-corrected chi connectivity index (χ1v) is 12.6. The van der Waals surface area contributed by atoms with Crippen molar-refractivity contribution in [3.05, 3.63) is 84.2 Å². The van der Waals surface area contributed by atoms with E-state index in [4.69, 9.17) is 14.7 Å². The molecule has 1 amide bonds. The highest BCUT2D eigenvalue weighted by atomic mass is 16.5. The van der Waals surface area contributed by atoms with Gasteiger partial charge in [0.25, 0.3) is 0 Å². The number of hydroxylamine groups is 1. The number of rotatable bonds is 13. The maximum absolute atomic E-state index is 11.1. The minimum Gasteiger partial charge on any atom is -0.493 e. The quantitative estimate of drug-likeness (QED) is 0.0825. The van der Waals surface area contributed by atoms with E-state index in [0.29, 0.717) is 30.3 Å². The third-order valence-corrected chi connectivity index (χ3v) is 6.04. The predicted molar refractivity (Wildman–Crippen MR) is 150 cm³/mol. The van der Waals surface area contributed by atoms with Gasteiger partial charge in [-0.25, -0.2) is 15.4 Å². The second-order valence-corrected chi connectivity index (χ2v) is 8.78. The summed E-state index contributed by atoms with van der Waals surface area (Å²) in [5, 5.41) is 12.8. The molecule has 0 radical (unpaired) electrons. The van der Waals surface area contributed by atoms with Crippen molar-refractivity contribution in [3.8, 4) is 11.5 Å². The van der Waals surface area contributed by atoms with Crippen LogP contribution in [0.15, 0.2) is 73.1 Å². The van der Waals surface area contributed by atoms with Crippen molar-refractivity contribution in [1.29, 1.82) is 0 Å². The van der Waals surface area contributed by atoms with Gasteiger partial charge in [0.15, 0.2) is 11.5 Å². The van der Waals surface area contributed by atoms with Crippen LogP contribution in [0.5, 0.6) is 11.5 Å². The fourth-order valence-corrected chi connectivity index (χ4v) is 3.99. The minimum absolute atomic E-state index is 0.318. The summed E-state index contributed by atoms with van der Waals surface area (Å²) in [4.78, 5) is 20.0. The fourth-order valence-electron chi connectivity index (χ4n) is 3.99. The number of hydrogen-bond acceptors (Lipinski definition) is 7. The summed E-state index contributed by atoms with van der Waals surface area (Å²) in [6.45, 7) is 0.516. The molecule has 38 heavy (non-hydrogen) atoms. The molecule has 3 aromatic carbocycles. The zero-order valence-electron chi connectivity index (χ0n) is 21.4. The molecule has 0 atom stereocenters. The van der Waals surface area contributed by atoms with Crippen LogP contribution in [0, 0.1) is 0 Å². The van der Waals surface area contributed by atoms with Crippen LogP contribution >= 0.6 is 0 Å². The largest absolute Gasteiger partial charge is 0.493 e. The molecule has 0 aliphatic heterocycles. The van der Waals surface area contributed by atoms with Gasteiger partial charge >= 0.3 is 0 Å². The number of methoxy groups -OCH3 is 1. The Morgan fingerprint density at radius 1 is 0.895 bits per heavy atom. The number of benzene rings is 3. The van der Waals surface area contributed by atoms with E-state index in [1.165, 1.54) is 6.33 Å². The number of ether oxygens (including phenoxy) is 2. The highest BCUT2D eigenvalue weighted by Gasteiger charge is 2.12. The number of carbonyl (C=O) groups is 1. The number of aromatic nitrogens is 2. The Morgan fingerprint density at radius 3 is 2.37 bits per heavy atom. The van der Waals surface area contributed by atoms with Crippen LogP contribution in [0.1, 0.15) is 43.2 Å². The lowest BCUT2D eigenvalue weighted by Crippen LogP contribution is -2.17. The van der Waals surface area contributed by atoms with E-state index in [1.807, 2.05) is 42.5 Å². The minimum atomic E-state index is -0.357. The maximum Gasteiger partial charge on any atom is 0.243 e. The Labute approximate surface area is 222 Å². The Balaban J connectivity index is 1.40. The van der Waals surface area contributed by atoms with Crippen molar-refractivity contribution >= 4 is 40.5 Å². The first-order chi connectivity index (χ1) is 18.7. The average molecular weight is 513 g/mol. The smallest absolute Gasteiger partial charge is 0.243 e. The summed E-state index contributed by atoms with van der Waals surface area (Å²) < 4.78 is 11.6. The zero-order chi connectivity index (χ0) is 26.6. The van der Waals surface area contributed by atoms with Crippen LogP contribution in [0.3, 0.4) is 0 Å². The number of hydrogen-bond donors (Lipinski definition) is 3. The molecule has 4 rings (SSSR count). The van der Waals surface area contributed by atoms with Gasteiger partial charge in [0.2, 0.25) is 5.91 Å². The highest BCUT2D eigenvalue weighted by Crippen LogP contribution is 2.35. The highest BCUT2D eigenvalue weighted by molar-refractivity contribution is 5.93. The Hall–Kier alpha value is -4.43. The summed E-state index contributed by atoms with van der Waals surface area (Å²) in [6, 6.07) is 22.1. The summed E-state index contributed by atoms with van der Waals surface area (Å²) in [7, 11) is 1.61. The molecule has 3 N–H and O–H groups in total. The molecule has 0 saturated carbocycles. The Morgan fingerprint density at radius 2 is 1.63 bits per heavy atom. The molecule has 0 saturated heterocycles. The number of amides is 1. The third-order valence-electron chi connectivity index (χ3n) is 6.04. The second kappa shape index (κ2) is 13.8. The van der Waals surface area contributed by atoms with E-state index in [9.17, 15) is 4.79 Å². The van der Waals surface area contributed by atoms with Crippen molar-refractivity contribution in [3.63, 3.8) is 0 Å². The average Bonchev–Trinajstić information content (AvgIpc) is 2.96. The molecule has 0 aliphatic carbocycles. The van der Waals surface area contributed by atoms with E-state index in [0.717, 1.165) is 53.4 Å². The maximum atomic E-state index is 11.1. The molecule has 1 heterocycles. The molecule has 196 valence electrons. The van der Waals surface area contributed by atoms with Gasteiger partial charge in [-0.2, -0.15) is 0 Å². The van der Waals surface area contributed by atoms with Crippen molar-refractivity contribution < 1.29 is 19.5 Å². The summed E-state index contributed by atoms with van der Waals surface area (Å²) in [5.74, 6) is 1.55. The molecule has 8 heteroatoms. The first-order valence-electron chi connectivity index (χ1n) is 12.6. The summed E-state index contributed by atoms with van der Waals surface area (Å²) in [5.41, 5.74) is 5.57. The normalized spacial score (nSPS) is 11.0. The van der Waals surface area contributed by atoms with E-state index in [-0.39, 0.29) is 5.91 Å². The lowest BCUT2D eigenvalue weighted by Gasteiger charge is -2.14. The first kappa shape index (κ1) is 26.6. The molecule has 0 spiro atoms. The van der Waals surface area contributed by atoms with Crippen molar-refractivity contribution in [2.75, 3.05) is 19.0 Å². The van der Waals surface area contributed by atoms with Gasteiger partial charge in [0.05, 0.1) is 19.2 Å². The SMILES string of the molecule is COc1cc2ncnc(Nc3ccc(/C=C/c4ccccc4)cc3)c2cc1OCCCCCCC(=O)NO. The van der Waals surface area contributed by atoms with Crippen molar-refractivity contribution in [2.45, 2.75) is 32.1 Å². The van der Waals surface area contributed by atoms with Gasteiger partial charge in [-0.05, 0) is 42.2 Å². The fraction of sp³-hybridized carbons (Fsp3) is 0.233. The van der Waals surface area contributed by atoms with E-state index >= 15 is 0 Å². The van der Waals surface area contributed by atoms with Crippen molar-refractivity contribution in [2.24, 2.45) is 0 Å². The number of carbonyl (C=O) groups excluding carboxylic acids is 1. The molecule has 0 bridgehead atoms. The molecule has 4 aromatic rings. The number of nitrogens with zero attached hydrogens (tertiary/aromatic N) is 2. The predicted octanol–water partition coefficient (Wildman–Crippen LogP) is 6.39. The van der Waals surface area contributed by atoms with Gasteiger partial charge in [0.1, 0.15) is 12.1 Å². The monoisotopic (exact) mass is 512 g/mol. The molecule has 1 aromatic heterocycles. The second-order valence-electron chi connectivity index (χ2n) is 8.78. The molecular weight excluding hydrogens is 480 g/mol. The van der Waals surface area contributed by atoms with E-state index in [1.54, 1.807) is 12.6 Å². The molecule has 0 unspecified atom stereocenters. The zero-order valence-corrected chi connectivity index (χ0v) is 21.4. The van der Waals surface area contributed by atoms with Crippen LogP contribution in [0.2, 0.25) is 0 Å². The third kappa shape index (κ3) is 7.54. The molecule has 0 fully saturated rings. The van der Waals surface area contributed by atoms with Crippen LogP contribution in [0.25, 0.3) is 23.1 Å². The topological polar surface area (TPSA) is 106 Å². The van der Waals surface area contributed by atoms with Crippen LogP contribution < -0.4 is 20.3 Å². The molecule has 0 aliphatic rings. The number of fused-ring (bicyclic) bond motifs is 1. The Bertz CT molecular complexity index is 1360. The molecular formula is C30H32N4O4. The summed E-state index contributed by atoms with van der Waals surface area (Å²) in [6.07, 6.45) is 9.38. The van der Waals surface area contributed by atoms with Gasteiger partial charge in [-0.3, -0.25) is 10.0 Å². The number of unbranched alkanes of at least 4 members (excludes halogenated alkanes) is 3. The number of anilines is 2. The van der Waals surface area contributed by atoms with Gasteiger partial charge in [-0.1, -0.05) is 67.5 Å². The van der Waals surface area contributed by atoms with E-state index < -0.39 is 0 Å². The summed E-state index contributed by atoms with van der Waals surface area (Å²) >= 11 is 0. The Kier molecular flexibility index (Phi) is 9.64. The van der Waals surface area contributed by atoms with Crippen LogP contribution in [-0.2, 0) is 4.79 Å².